The Kier molecular flexibility index (Phi) is 15.7. The zero-order valence-electron chi connectivity index (χ0n) is 37.6. The number of aryl methyl sites for hydroxylation is 2. The number of hydrogen-bond acceptors (Lipinski definition) is 4. The first kappa shape index (κ1) is 44.7. The van der Waals surface area contributed by atoms with Crippen molar-refractivity contribution in [3.8, 4) is 11.5 Å². The Morgan fingerprint density at radius 2 is 0.778 bits per heavy atom. The molecule has 0 aromatic heterocycles. The van der Waals surface area contributed by atoms with Gasteiger partial charge in [-0.1, -0.05) is 147 Å². The summed E-state index contributed by atoms with van der Waals surface area (Å²) in [5, 5.41) is 0. The largest absolute Gasteiger partial charge is 0.493 e. The van der Waals surface area contributed by atoms with Gasteiger partial charge < -0.3 is 18.9 Å². The molecule has 306 valence electrons. The maximum absolute atomic E-state index is 6.84. The monoisotopic (exact) mass is 747 g/mol. The van der Waals surface area contributed by atoms with Crippen molar-refractivity contribution in [3.05, 3.63) is 57.6 Å². The second-order valence-corrected chi connectivity index (χ2v) is 21.1. The highest BCUT2D eigenvalue weighted by atomic mass is 16.6. The lowest BCUT2D eigenvalue weighted by atomic mass is 9.77. The minimum absolute atomic E-state index is 0.0314. The zero-order valence-corrected chi connectivity index (χ0v) is 37.6. The summed E-state index contributed by atoms with van der Waals surface area (Å²) < 4.78 is 25.1. The van der Waals surface area contributed by atoms with Gasteiger partial charge in [0.15, 0.2) is 0 Å². The Bertz CT molecular complexity index is 1270. The summed E-state index contributed by atoms with van der Waals surface area (Å²) in [4.78, 5) is 0. The topological polar surface area (TPSA) is 43.5 Å². The maximum atomic E-state index is 6.84. The first-order valence-electron chi connectivity index (χ1n) is 22.1. The number of benzene rings is 2. The summed E-state index contributed by atoms with van der Waals surface area (Å²) in [7, 11) is 0. The van der Waals surface area contributed by atoms with Crippen molar-refractivity contribution in [2.45, 2.75) is 208 Å². The number of epoxide rings is 2. The predicted octanol–water partition coefficient (Wildman–Crippen LogP) is 13.4. The summed E-state index contributed by atoms with van der Waals surface area (Å²) >= 11 is 0. The molecule has 4 nitrogen and oxygen atoms in total. The van der Waals surface area contributed by atoms with Crippen LogP contribution in [-0.2, 0) is 44.0 Å². The van der Waals surface area contributed by atoms with Crippen molar-refractivity contribution >= 4 is 0 Å². The van der Waals surface area contributed by atoms with Crippen molar-refractivity contribution in [1.82, 2.24) is 0 Å². The second kappa shape index (κ2) is 18.9. The molecule has 0 N–H and O–H groups in total. The average molecular weight is 747 g/mol. The van der Waals surface area contributed by atoms with Crippen LogP contribution >= 0.6 is 0 Å². The average Bonchev–Trinajstić information content (AvgIpc) is 4.00. The third kappa shape index (κ3) is 13.3. The standard InChI is InChI=1S/C50H82O4/c1-15-17-21-37(43-33-53-43)23-19-27-51-45-39(47(3,4)5)29-35(30-40(45)48(6,7)8)25-26-36-31-41(49(9,10)11)46(42(32-36)50(12,13)14)52-28-20-24-38(22-18-16-2)44-34-54-44/h29-32,37-38,43-44H,15-28,33-34H2,1-14H3. The van der Waals surface area contributed by atoms with Crippen molar-refractivity contribution in [1.29, 1.82) is 0 Å². The van der Waals surface area contributed by atoms with Gasteiger partial charge in [0, 0.05) is 22.3 Å². The molecule has 0 aliphatic carbocycles. The summed E-state index contributed by atoms with van der Waals surface area (Å²) in [5.74, 6) is 3.57. The summed E-state index contributed by atoms with van der Waals surface area (Å²) in [6.07, 6.45) is 15.1. The van der Waals surface area contributed by atoms with Crippen molar-refractivity contribution in [2.24, 2.45) is 11.8 Å². The number of rotatable bonds is 21. The molecule has 0 amide bonds. The number of unbranched alkanes of at least 4 members (excludes halogenated alkanes) is 2. The van der Waals surface area contributed by atoms with Crippen LogP contribution in [0.1, 0.15) is 195 Å². The van der Waals surface area contributed by atoms with Crippen LogP contribution < -0.4 is 9.47 Å². The van der Waals surface area contributed by atoms with Gasteiger partial charge >= 0.3 is 0 Å². The van der Waals surface area contributed by atoms with E-state index >= 15 is 0 Å². The van der Waals surface area contributed by atoms with Crippen molar-refractivity contribution in [2.75, 3.05) is 26.4 Å². The Morgan fingerprint density at radius 3 is 1.02 bits per heavy atom. The SMILES string of the molecule is CCCCC(CCCOc1c(C(C)(C)C)cc(CCc2cc(C(C)(C)C)c(OCCCC(CCCC)C3CO3)c(C(C)(C)C)c2)cc1C(C)(C)C)C1CO1. The first-order chi connectivity index (χ1) is 25.2. The van der Waals surface area contributed by atoms with Gasteiger partial charge in [0.05, 0.1) is 38.6 Å². The van der Waals surface area contributed by atoms with Gasteiger partial charge in [-0.3, -0.25) is 0 Å². The van der Waals surface area contributed by atoms with Crippen LogP contribution in [0.25, 0.3) is 0 Å². The lowest BCUT2D eigenvalue weighted by Gasteiger charge is -2.31. The smallest absolute Gasteiger partial charge is 0.126 e. The highest BCUT2D eigenvalue weighted by Crippen LogP contribution is 2.43. The predicted molar refractivity (Wildman–Crippen MR) is 230 cm³/mol. The van der Waals surface area contributed by atoms with E-state index in [-0.39, 0.29) is 21.7 Å². The highest BCUT2D eigenvalue weighted by Gasteiger charge is 2.34. The van der Waals surface area contributed by atoms with Crippen LogP contribution in [0.15, 0.2) is 24.3 Å². The molecule has 0 radical (unpaired) electrons. The fourth-order valence-corrected chi connectivity index (χ4v) is 8.15. The molecule has 4 heteroatoms. The minimum Gasteiger partial charge on any atom is -0.493 e. The van der Waals surface area contributed by atoms with E-state index in [0.717, 1.165) is 63.6 Å². The molecule has 2 heterocycles. The van der Waals surface area contributed by atoms with E-state index in [1.54, 1.807) is 0 Å². The van der Waals surface area contributed by atoms with E-state index in [4.69, 9.17) is 18.9 Å². The Balaban J connectivity index is 1.56. The van der Waals surface area contributed by atoms with Gasteiger partial charge in [-0.2, -0.15) is 0 Å². The Morgan fingerprint density at radius 1 is 0.500 bits per heavy atom. The van der Waals surface area contributed by atoms with Crippen LogP contribution in [0.3, 0.4) is 0 Å². The summed E-state index contributed by atoms with van der Waals surface area (Å²) in [6.45, 7) is 36.1. The Labute approximate surface area is 333 Å². The molecule has 4 unspecified atom stereocenters. The highest BCUT2D eigenvalue weighted by molar-refractivity contribution is 5.53. The van der Waals surface area contributed by atoms with E-state index in [1.165, 1.54) is 84.7 Å². The molecule has 2 saturated heterocycles. The third-order valence-electron chi connectivity index (χ3n) is 11.8. The minimum atomic E-state index is -0.0314. The molecule has 2 aromatic carbocycles. The lowest BCUT2D eigenvalue weighted by Crippen LogP contribution is -2.22. The van der Waals surface area contributed by atoms with Gasteiger partial charge in [0.1, 0.15) is 11.5 Å². The molecule has 2 aromatic rings. The molecule has 2 aliphatic heterocycles. The molecule has 4 rings (SSSR count). The quantitative estimate of drug-likeness (QED) is 0.0942. The third-order valence-corrected chi connectivity index (χ3v) is 11.8. The lowest BCUT2D eigenvalue weighted by molar-refractivity contribution is 0.251. The van der Waals surface area contributed by atoms with Crippen LogP contribution in [0, 0.1) is 11.8 Å². The van der Waals surface area contributed by atoms with Gasteiger partial charge in [0.2, 0.25) is 0 Å². The van der Waals surface area contributed by atoms with Crippen molar-refractivity contribution < 1.29 is 18.9 Å². The molecule has 54 heavy (non-hydrogen) atoms. The maximum Gasteiger partial charge on any atom is 0.126 e. The van der Waals surface area contributed by atoms with Crippen LogP contribution in [0.2, 0.25) is 0 Å². The zero-order chi connectivity index (χ0) is 39.9. The molecule has 4 atom stereocenters. The summed E-state index contributed by atoms with van der Waals surface area (Å²) in [6, 6.07) is 9.83. The fourth-order valence-electron chi connectivity index (χ4n) is 8.15. The molecule has 2 aliphatic rings. The number of hydrogen-bond donors (Lipinski definition) is 0. The van der Waals surface area contributed by atoms with E-state index < -0.39 is 0 Å². The van der Waals surface area contributed by atoms with Gasteiger partial charge in [0.25, 0.3) is 0 Å². The molecular weight excluding hydrogens is 665 g/mol. The second-order valence-electron chi connectivity index (χ2n) is 21.1. The van der Waals surface area contributed by atoms with E-state index in [2.05, 4.69) is 121 Å². The normalized spacial score (nSPS) is 18.8. The van der Waals surface area contributed by atoms with Gasteiger partial charge in [-0.15, -0.1) is 0 Å². The number of ether oxygens (including phenoxy) is 4. The molecule has 0 bridgehead atoms. The van der Waals surface area contributed by atoms with Crippen LogP contribution in [0.5, 0.6) is 11.5 Å². The van der Waals surface area contributed by atoms with Gasteiger partial charge in [-0.25, -0.2) is 0 Å². The fraction of sp³-hybridized carbons (Fsp3) is 0.760. The van der Waals surface area contributed by atoms with E-state index in [9.17, 15) is 0 Å². The molecule has 2 fully saturated rings. The van der Waals surface area contributed by atoms with Gasteiger partial charge in [-0.05, 0) is 96.0 Å². The van der Waals surface area contributed by atoms with Crippen LogP contribution in [0.4, 0.5) is 0 Å². The van der Waals surface area contributed by atoms with E-state index in [0.29, 0.717) is 24.0 Å². The molecule has 0 spiro atoms. The van der Waals surface area contributed by atoms with Crippen LogP contribution in [-0.4, -0.2) is 38.6 Å². The summed E-state index contributed by atoms with van der Waals surface area (Å²) in [5.41, 5.74) is 8.00. The van der Waals surface area contributed by atoms with E-state index in [1.807, 2.05) is 0 Å². The molecular formula is C50H82O4. The molecule has 0 saturated carbocycles. The Hall–Kier alpha value is -2.04. The first-order valence-corrected chi connectivity index (χ1v) is 22.1. The van der Waals surface area contributed by atoms with Crippen molar-refractivity contribution in [3.63, 3.8) is 0 Å².